The summed E-state index contributed by atoms with van der Waals surface area (Å²) in [6.07, 6.45) is 5.51. The normalized spacial score (nSPS) is 24.9. The molecular formula is C9H17NO. The summed E-state index contributed by atoms with van der Waals surface area (Å²) in [5.74, 6) is 0. The van der Waals surface area contributed by atoms with Crippen LogP contribution in [0.25, 0.3) is 0 Å². The summed E-state index contributed by atoms with van der Waals surface area (Å²) in [5, 5.41) is 0. The van der Waals surface area contributed by atoms with Gasteiger partial charge in [0.15, 0.2) is 0 Å². The lowest BCUT2D eigenvalue weighted by Crippen LogP contribution is -2.22. The van der Waals surface area contributed by atoms with E-state index in [0.717, 1.165) is 32.5 Å². The van der Waals surface area contributed by atoms with Crippen molar-refractivity contribution < 1.29 is 4.74 Å². The van der Waals surface area contributed by atoms with Crippen LogP contribution in [-0.2, 0) is 4.74 Å². The summed E-state index contributed by atoms with van der Waals surface area (Å²) in [5.41, 5.74) is 7.16. The lowest BCUT2D eigenvalue weighted by Gasteiger charge is -2.17. The highest BCUT2D eigenvalue weighted by Crippen LogP contribution is 2.16. The minimum absolute atomic E-state index is 0.389. The Hall–Kier alpha value is -0.340. The Kier molecular flexibility index (Phi) is 3.60. The maximum atomic E-state index is 5.74. The number of rotatable bonds is 3. The second kappa shape index (κ2) is 4.52. The molecule has 0 spiro atoms. The number of ether oxygens (including phenoxy) is 1. The predicted molar refractivity (Wildman–Crippen MR) is 46.4 cm³/mol. The zero-order chi connectivity index (χ0) is 8.10. The summed E-state index contributed by atoms with van der Waals surface area (Å²) >= 11 is 0. The Bertz CT molecular complexity index is 142. The number of hydrogen-bond acceptors (Lipinski definition) is 2. The van der Waals surface area contributed by atoms with Crippen molar-refractivity contribution in [2.75, 3.05) is 13.2 Å². The van der Waals surface area contributed by atoms with Gasteiger partial charge in [-0.3, -0.25) is 0 Å². The van der Waals surface area contributed by atoms with Crippen LogP contribution in [0.2, 0.25) is 0 Å². The third-order valence-corrected chi connectivity index (χ3v) is 2.04. The van der Waals surface area contributed by atoms with Crippen LogP contribution in [0.4, 0.5) is 0 Å². The Morgan fingerprint density at radius 3 is 3.09 bits per heavy atom. The molecule has 1 unspecified atom stereocenters. The summed E-state index contributed by atoms with van der Waals surface area (Å²) < 4.78 is 5.30. The lowest BCUT2D eigenvalue weighted by atomic mass is 9.96. The minimum atomic E-state index is 0.389. The van der Waals surface area contributed by atoms with Crippen molar-refractivity contribution in [3.63, 3.8) is 0 Å². The molecule has 2 nitrogen and oxygen atoms in total. The number of hydrogen-bond donors (Lipinski definition) is 1. The zero-order valence-electron chi connectivity index (χ0n) is 7.18. The van der Waals surface area contributed by atoms with Gasteiger partial charge in [-0.05, 0) is 31.8 Å². The molecule has 2 heteroatoms. The molecule has 0 aliphatic heterocycles. The molecule has 0 radical (unpaired) electrons. The molecule has 0 aromatic heterocycles. The maximum absolute atomic E-state index is 5.74. The van der Waals surface area contributed by atoms with Gasteiger partial charge in [-0.2, -0.15) is 0 Å². The Morgan fingerprint density at radius 1 is 1.73 bits per heavy atom. The highest BCUT2D eigenvalue weighted by Gasteiger charge is 2.09. The highest BCUT2D eigenvalue weighted by molar-refractivity contribution is 5.07. The molecule has 0 heterocycles. The first kappa shape index (κ1) is 8.75. The van der Waals surface area contributed by atoms with Crippen LogP contribution in [0.15, 0.2) is 11.6 Å². The predicted octanol–water partition coefficient (Wildman–Crippen LogP) is 1.46. The fourth-order valence-corrected chi connectivity index (χ4v) is 1.27. The fourth-order valence-electron chi connectivity index (χ4n) is 1.27. The number of nitrogens with two attached hydrogens (primary N) is 1. The summed E-state index contributed by atoms with van der Waals surface area (Å²) in [4.78, 5) is 0. The first-order valence-corrected chi connectivity index (χ1v) is 4.34. The van der Waals surface area contributed by atoms with Crippen LogP contribution < -0.4 is 5.73 Å². The second-order valence-electron chi connectivity index (χ2n) is 3.03. The molecule has 0 bridgehead atoms. The summed E-state index contributed by atoms with van der Waals surface area (Å²) in [6.45, 7) is 3.64. The van der Waals surface area contributed by atoms with Crippen molar-refractivity contribution in [2.45, 2.75) is 32.2 Å². The van der Waals surface area contributed by atoms with E-state index in [2.05, 4.69) is 6.08 Å². The Balaban J connectivity index is 2.24. The van der Waals surface area contributed by atoms with E-state index in [9.17, 15) is 0 Å². The van der Waals surface area contributed by atoms with E-state index in [-0.39, 0.29) is 0 Å². The molecule has 11 heavy (non-hydrogen) atoms. The molecule has 64 valence electrons. The van der Waals surface area contributed by atoms with Crippen LogP contribution in [0, 0.1) is 0 Å². The van der Waals surface area contributed by atoms with Gasteiger partial charge >= 0.3 is 0 Å². The molecule has 0 amide bonds. The minimum Gasteiger partial charge on any atom is -0.377 e. The van der Waals surface area contributed by atoms with Crippen molar-refractivity contribution in [1.29, 1.82) is 0 Å². The standard InChI is InChI=1S/C9H17NO/c1-2-11-7-8-3-5-9(10)6-4-8/h3,9H,2,4-7,10H2,1H3. The van der Waals surface area contributed by atoms with E-state index in [4.69, 9.17) is 10.5 Å². The largest absolute Gasteiger partial charge is 0.377 e. The molecule has 0 saturated heterocycles. The average molecular weight is 155 g/mol. The molecule has 2 N–H and O–H groups in total. The van der Waals surface area contributed by atoms with Crippen LogP contribution in [0.1, 0.15) is 26.2 Å². The van der Waals surface area contributed by atoms with Crippen molar-refractivity contribution in [2.24, 2.45) is 5.73 Å². The average Bonchev–Trinajstić information content (AvgIpc) is 2.04. The SMILES string of the molecule is CCOCC1=CCC(N)CC1. The maximum Gasteiger partial charge on any atom is 0.0676 e. The second-order valence-corrected chi connectivity index (χ2v) is 3.03. The first-order valence-electron chi connectivity index (χ1n) is 4.34. The van der Waals surface area contributed by atoms with E-state index >= 15 is 0 Å². The highest BCUT2D eigenvalue weighted by atomic mass is 16.5. The molecule has 1 aliphatic carbocycles. The van der Waals surface area contributed by atoms with E-state index in [0.29, 0.717) is 6.04 Å². The van der Waals surface area contributed by atoms with Gasteiger partial charge in [0.05, 0.1) is 6.61 Å². The van der Waals surface area contributed by atoms with E-state index in [1.54, 1.807) is 0 Å². The zero-order valence-corrected chi connectivity index (χ0v) is 7.18. The summed E-state index contributed by atoms with van der Waals surface area (Å²) in [7, 11) is 0. The van der Waals surface area contributed by atoms with Crippen LogP contribution in [0.3, 0.4) is 0 Å². The third-order valence-electron chi connectivity index (χ3n) is 2.04. The monoisotopic (exact) mass is 155 g/mol. The van der Waals surface area contributed by atoms with Gasteiger partial charge in [0.2, 0.25) is 0 Å². The quantitative estimate of drug-likeness (QED) is 0.626. The van der Waals surface area contributed by atoms with Crippen LogP contribution in [-0.4, -0.2) is 19.3 Å². The molecule has 0 aromatic rings. The lowest BCUT2D eigenvalue weighted by molar-refractivity contribution is 0.167. The molecule has 0 fully saturated rings. The summed E-state index contributed by atoms with van der Waals surface area (Å²) in [6, 6.07) is 0.389. The third kappa shape index (κ3) is 3.04. The van der Waals surface area contributed by atoms with Crippen molar-refractivity contribution in [1.82, 2.24) is 0 Å². The fraction of sp³-hybridized carbons (Fsp3) is 0.778. The Morgan fingerprint density at radius 2 is 2.55 bits per heavy atom. The van der Waals surface area contributed by atoms with Crippen molar-refractivity contribution >= 4 is 0 Å². The molecule has 0 saturated carbocycles. The smallest absolute Gasteiger partial charge is 0.0676 e. The topological polar surface area (TPSA) is 35.2 Å². The molecule has 1 aliphatic rings. The Labute approximate surface area is 68.4 Å². The van der Waals surface area contributed by atoms with Crippen molar-refractivity contribution in [3.05, 3.63) is 11.6 Å². The van der Waals surface area contributed by atoms with Gasteiger partial charge in [0.25, 0.3) is 0 Å². The van der Waals surface area contributed by atoms with Gasteiger partial charge in [-0.15, -0.1) is 0 Å². The molecular weight excluding hydrogens is 138 g/mol. The van der Waals surface area contributed by atoms with E-state index < -0.39 is 0 Å². The van der Waals surface area contributed by atoms with Gasteiger partial charge < -0.3 is 10.5 Å². The van der Waals surface area contributed by atoms with Gasteiger partial charge in [0.1, 0.15) is 0 Å². The molecule has 1 rings (SSSR count). The van der Waals surface area contributed by atoms with E-state index in [1.807, 2.05) is 6.92 Å². The van der Waals surface area contributed by atoms with Gasteiger partial charge in [-0.25, -0.2) is 0 Å². The molecule has 0 aromatic carbocycles. The van der Waals surface area contributed by atoms with Crippen LogP contribution >= 0.6 is 0 Å². The molecule has 1 atom stereocenters. The van der Waals surface area contributed by atoms with E-state index in [1.165, 1.54) is 5.57 Å². The van der Waals surface area contributed by atoms with Crippen molar-refractivity contribution in [3.8, 4) is 0 Å². The van der Waals surface area contributed by atoms with Gasteiger partial charge in [0, 0.05) is 12.6 Å². The van der Waals surface area contributed by atoms with Gasteiger partial charge in [-0.1, -0.05) is 6.08 Å². The van der Waals surface area contributed by atoms with Crippen LogP contribution in [0.5, 0.6) is 0 Å². The first-order chi connectivity index (χ1) is 5.33.